The van der Waals surface area contributed by atoms with Gasteiger partial charge in [-0.2, -0.15) is 0 Å². The van der Waals surface area contributed by atoms with Gasteiger partial charge in [0.1, 0.15) is 0 Å². The van der Waals surface area contributed by atoms with Crippen molar-refractivity contribution in [2.75, 3.05) is 0 Å². The van der Waals surface area contributed by atoms with Crippen LogP contribution in [-0.4, -0.2) is 5.78 Å². The van der Waals surface area contributed by atoms with Crippen LogP contribution in [0.2, 0.25) is 0 Å². The minimum absolute atomic E-state index is 0.110. The minimum Gasteiger partial charge on any atom is -0.289 e. The highest BCUT2D eigenvalue weighted by atomic mass is 127. The predicted molar refractivity (Wildman–Crippen MR) is 81.2 cm³/mol. The number of hydrogen-bond acceptors (Lipinski definition) is 1. The fourth-order valence-corrected chi connectivity index (χ4v) is 3.24. The van der Waals surface area contributed by atoms with Crippen molar-refractivity contribution >= 4 is 28.4 Å². The van der Waals surface area contributed by atoms with E-state index in [0.29, 0.717) is 0 Å². The first-order valence-electron chi connectivity index (χ1n) is 5.96. The average Bonchev–Trinajstić information content (AvgIpc) is 2.36. The Morgan fingerprint density at radius 2 is 1.61 bits per heavy atom. The van der Waals surface area contributed by atoms with Gasteiger partial charge in [-0.3, -0.25) is 4.79 Å². The Morgan fingerprint density at radius 3 is 2.39 bits per heavy atom. The van der Waals surface area contributed by atoms with Crippen molar-refractivity contribution in [1.29, 1.82) is 0 Å². The number of ketones is 1. The van der Waals surface area contributed by atoms with Gasteiger partial charge in [0.05, 0.1) is 0 Å². The molecular weight excluding hydrogens is 335 g/mol. The highest BCUT2D eigenvalue weighted by molar-refractivity contribution is 14.1. The largest absolute Gasteiger partial charge is 0.289 e. The number of hydrogen-bond donors (Lipinski definition) is 0. The van der Waals surface area contributed by atoms with Crippen LogP contribution in [0.5, 0.6) is 0 Å². The third kappa shape index (κ3) is 1.55. The summed E-state index contributed by atoms with van der Waals surface area (Å²) < 4.78 is 1.17. The SMILES string of the molecule is CC1(C)c2ccccc2C(=O)c2ccc(I)cc21. The monoisotopic (exact) mass is 348 g/mol. The van der Waals surface area contributed by atoms with E-state index in [1.807, 2.05) is 30.3 Å². The Labute approximate surface area is 120 Å². The van der Waals surface area contributed by atoms with Crippen molar-refractivity contribution in [2.45, 2.75) is 19.3 Å². The zero-order valence-corrected chi connectivity index (χ0v) is 12.5. The summed E-state index contributed by atoms with van der Waals surface area (Å²) in [6.45, 7) is 4.38. The predicted octanol–water partition coefficient (Wildman–Crippen LogP) is 4.16. The molecule has 0 amide bonds. The van der Waals surface area contributed by atoms with Crippen molar-refractivity contribution < 1.29 is 4.79 Å². The Balaban J connectivity index is 2.37. The normalized spacial score (nSPS) is 16.1. The molecule has 0 radical (unpaired) electrons. The van der Waals surface area contributed by atoms with Crippen molar-refractivity contribution in [3.63, 3.8) is 0 Å². The first-order valence-corrected chi connectivity index (χ1v) is 7.04. The molecule has 0 bridgehead atoms. The maximum Gasteiger partial charge on any atom is 0.193 e. The van der Waals surface area contributed by atoms with Crippen LogP contribution in [0, 0.1) is 3.57 Å². The molecule has 1 aliphatic carbocycles. The maximum absolute atomic E-state index is 12.5. The molecule has 3 rings (SSSR count). The van der Waals surface area contributed by atoms with E-state index in [0.717, 1.165) is 22.3 Å². The van der Waals surface area contributed by atoms with Gasteiger partial charge in [-0.25, -0.2) is 0 Å². The summed E-state index contributed by atoms with van der Waals surface area (Å²) >= 11 is 2.30. The van der Waals surface area contributed by atoms with E-state index in [4.69, 9.17) is 0 Å². The van der Waals surface area contributed by atoms with Crippen molar-refractivity contribution in [3.05, 3.63) is 68.3 Å². The van der Waals surface area contributed by atoms with E-state index in [9.17, 15) is 4.79 Å². The molecule has 2 heteroatoms. The Bertz CT molecular complexity index is 656. The third-order valence-electron chi connectivity index (χ3n) is 3.74. The number of carbonyl (C=O) groups excluding carboxylic acids is 1. The van der Waals surface area contributed by atoms with Gasteiger partial charge in [-0.15, -0.1) is 0 Å². The fourth-order valence-electron chi connectivity index (χ4n) is 2.75. The van der Waals surface area contributed by atoms with E-state index >= 15 is 0 Å². The van der Waals surface area contributed by atoms with Crippen molar-refractivity contribution in [1.82, 2.24) is 0 Å². The van der Waals surface area contributed by atoms with Gasteiger partial charge in [-0.1, -0.05) is 38.1 Å². The fraction of sp³-hybridized carbons (Fsp3) is 0.188. The van der Waals surface area contributed by atoms with Gasteiger partial charge < -0.3 is 0 Å². The molecule has 18 heavy (non-hydrogen) atoms. The summed E-state index contributed by atoms with van der Waals surface area (Å²) in [6.07, 6.45) is 0. The molecule has 0 saturated carbocycles. The molecule has 90 valence electrons. The lowest BCUT2D eigenvalue weighted by molar-refractivity contribution is 0.103. The lowest BCUT2D eigenvalue weighted by Gasteiger charge is -2.34. The summed E-state index contributed by atoms with van der Waals surface area (Å²) in [5, 5.41) is 0. The molecule has 0 atom stereocenters. The number of rotatable bonds is 0. The molecule has 0 fully saturated rings. The minimum atomic E-state index is -0.110. The van der Waals surface area contributed by atoms with Gasteiger partial charge in [0.15, 0.2) is 5.78 Å². The van der Waals surface area contributed by atoms with E-state index < -0.39 is 0 Å². The van der Waals surface area contributed by atoms with Crippen molar-refractivity contribution in [3.8, 4) is 0 Å². The molecule has 1 aliphatic rings. The van der Waals surface area contributed by atoms with E-state index in [-0.39, 0.29) is 11.2 Å². The summed E-state index contributed by atoms with van der Waals surface area (Å²) in [4.78, 5) is 12.5. The molecule has 0 unspecified atom stereocenters. The van der Waals surface area contributed by atoms with E-state index in [1.165, 1.54) is 3.57 Å². The summed E-state index contributed by atoms with van der Waals surface area (Å²) in [5.41, 5.74) is 3.85. The molecule has 0 N–H and O–H groups in total. The topological polar surface area (TPSA) is 17.1 Å². The second-order valence-corrected chi connectivity index (χ2v) is 6.44. The Kier molecular flexibility index (Phi) is 2.59. The molecule has 0 aliphatic heterocycles. The first kappa shape index (κ1) is 11.9. The molecule has 2 aromatic carbocycles. The van der Waals surface area contributed by atoms with Crippen LogP contribution in [0.15, 0.2) is 42.5 Å². The van der Waals surface area contributed by atoms with Crippen LogP contribution in [0.25, 0.3) is 0 Å². The number of benzene rings is 2. The number of fused-ring (bicyclic) bond motifs is 2. The zero-order valence-electron chi connectivity index (χ0n) is 10.3. The summed E-state index contributed by atoms with van der Waals surface area (Å²) in [7, 11) is 0. The van der Waals surface area contributed by atoms with Crippen LogP contribution in [0.1, 0.15) is 40.9 Å². The molecule has 2 aromatic rings. The maximum atomic E-state index is 12.5. The standard InChI is InChI=1S/C16H13IO/c1-16(2)13-6-4-3-5-11(13)15(18)12-8-7-10(17)9-14(12)16/h3-9H,1-2H3. The average molecular weight is 348 g/mol. The molecule has 0 saturated heterocycles. The number of halogens is 1. The van der Waals surface area contributed by atoms with E-state index in [2.05, 4.69) is 48.6 Å². The van der Waals surface area contributed by atoms with Gasteiger partial charge in [0, 0.05) is 20.1 Å². The molecule has 0 heterocycles. The van der Waals surface area contributed by atoms with Crippen LogP contribution in [0.4, 0.5) is 0 Å². The smallest absolute Gasteiger partial charge is 0.193 e. The van der Waals surface area contributed by atoms with Gasteiger partial charge >= 0.3 is 0 Å². The zero-order chi connectivity index (χ0) is 12.9. The van der Waals surface area contributed by atoms with E-state index in [1.54, 1.807) is 0 Å². The second kappa shape index (κ2) is 3.92. The van der Waals surface area contributed by atoms with Gasteiger partial charge in [-0.05, 0) is 51.9 Å². The van der Waals surface area contributed by atoms with Gasteiger partial charge in [0.2, 0.25) is 0 Å². The van der Waals surface area contributed by atoms with Crippen LogP contribution in [0.3, 0.4) is 0 Å². The lowest BCUT2D eigenvalue weighted by Crippen LogP contribution is -2.30. The third-order valence-corrected chi connectivity index (χ3v) is 4.42. The van der Waals surface area contributed by atoms with Gasteiger partial charge in [0.25, 0.3) is 0 Å². The second-order valence-electron chi connectivity index (χ2n) is 5.19. The molecule has 0 aromatic heterocycles. The highest BCUT2D eigenvalue weighted by Gasteiger charge is 2.36. The van der Waals surface area contributed by atoms with Crippen molar-refractivity contribution in [2.24, 2.45) is 0 Å². The van der Waals surface area contributed by atoms with Crippen LogP contribution in [-0.2, 0) is 5.41 Å². The van der Waals surface area contributed by atoms with Crippen LogP contribution < -0.4 is 0 Å². The highest BCUT2D eigenvalue weighted by Crippen LogP contribution is 2.41. The lowest BCUT2D eigenvalue weighted by atomic mass is 9.68. The van der Waals surface area contributed by atoms with Crippen LogP contribution >= 0.6 is 22.6 Å². The molecule has 0 spiro atoms. The first-order chi connectivity index (χ1) is 8.51. The molecular formula is C16H13IO. The molecule has 1 nitrogen and oxygen atoms in total. The number of carbonyl (C=O) groups is 1. The quantitative estimate of drug-likeness (QED) is 0.654. The summed E-state index contributed by atoms with van der Waals surface area (Å²) in [5.74, 6) is 0.149. The Hall–Kier alpha value is -1.16. The Morgan fingerprint density at radius 1 is 0.944 bits per heavy atom. The summed E-state index contributed by atoms with van der Waals surface area (Å²) in [6, 6.07) is 14.0.